The van der Waals surface area contributed by atoms with Crippen molar-refractivity contribution in [3.8, 4) is 11.8 Å². The fraction of sp³-hybridized carbons (Fsp3) is 0.500. The molecule has 0 saturated carbocycles. The van der Waals surface area contributed by atoms with E-state index in [-0.39, 0.29) is 17.9 Å². The van der Waals surface area contributed by atoms with Crippen LogP contribution in [-0.2, 0) is 4.79 Å². The van der Waals surface area contributed by atoms with E-state index in [1.807, 2.05) is 12.2 Å². The molecule has 0 aromatic heterocycles. The Morgan fingerprint density at radius 3 is 3.00 bits per heavy atom. The second kappa shape index (κ2) is 4.68. The van der Waals surface area contributed by atoms with Gasteiger partial charge in [-0.15, -0.1) is 5.92 Å². The van der Waals surface area contributed by atoms with Crippen LogP contribution in [0.25, 0.3) is 0 Å². The van der Waals surface area contributed by atoms with Gasteiger partial charge in [0.25, 0.3) is 0 Å². The molecule has 2 unspecified atom stereocenters. The van der Waals surface area contributed by atoms with Gasteiger partial charge in [-0.05, 0) is 13.3 Å². The molecule has 3 nitrogen and oxygen atoms in total. The molecule has 13 heavy (non-hydrogen) atoms. The summed E-state index contributed by atoms with van der Waals surface area (Å²) in [4.78, 5) is 11.4. The minimum absolute atomic E-state index is 0.0203. The van der Waals surface area contributed by atoms with Gasteiger partial charge < -0.3 is 11.1 Å². The van der Waals surface area contributed by atoms with Crippen LogP contribution in [0, 0.1) is 17.8 Å². The molecule has 0 aliphatic heterocycles. The van der Waals surface area contributed by atoms with Crippen LogP contribution in [0.2, 0.25) is 0 Å². The second-order valence-electron chi connectivity index (χ2n) is 3.04. The van der Waals surface area contributed by atoms with E-state index in [9.17, 15) is 4.79 Å². The third-order valence-electron chi connectivity index (χ3n) is 1.98. The molecular formula is C10H14N2O. The molecule has 1 amide bonds. The van der Waals surface area contributed by atoms with Crippen LogP contribution < -0.4 is 11.1 Å². The highest BCUT2D eigenvalue weighted by atomic mass is 16.1. The molecule has 0 radical (unpaired) electrons. The van der Waals surface area contributed by atoms with Gasteiger partial charge in [0.05, 0.1) is 12.5 Å². The van der Waals surface area contributed by atoms with Crippen LogP contribution in [0.1, 0.15) is 13.3 Å². The van der Waals surface area contributed by atoms with Gasteiger partial charge in [0.15, 0.2) is 0 Å². The van der Waals surface area contributed by atoms with Gasteiger partial charge in [0.2, 0.25) is 5.91 Å². The second-order valence-corrected chi connectivity index (χ2v) is 3.04. The Morgan fingerprint density at radius 1 is 1.69 bits per heavy atom. The lowest BCUT2D eigenvalue weighted by atomic mass is 10.1. The Morgan fingerprint density at radius 2 is 2.46 bits per heavy atom. The Hall–Kier alpha value is -1.27. The first-order valence-corrected chi connectivity index (χ1v) is 4.35. The highest BCUT2D eigenvalue weighted by molar-refractivity contribution is 5.81. The molecule has 0 aromatic carbocycles. The van der Waals surface area contributed by atoms with E-state index in [1.54, 1.807) is 6.92 Å². The summed E-state index contributed by atoms with van der Waals surface area (Å²) in [6.45, 7) is 2.17. The number of nitrogens with one attached hydrogen (secondary N) is 1. The van der Waals surface area contributed by atoms with Gasteiger partial charge in [-0.2, -0.15) is 0 Å². The zero-order chi connectivity index (χ0) is 9.68. The molecule has 0 bridgehead atoms. The Kier molecular flexibility index (Phi) is 3.53. The van der Waals surface area contributed by atoms with Crippen LogP contribution >= 0.6 is 0 Å². The summed E-state index contributed by atoms with van der Waals surface area (Å²) in [7, 11) is 0. The zero-order valence-corrected chi connectivity index (χ0v) is 7.71. The van der Waals surface area contributed by atoms with E-state index in [4.69, 9.17) is 5.73 Å². The van der Waals surface area contributed by atoms with Crippen molar-refractivity contribution in [1.82, 2.24) is 5.32 Å². The van der Waals surface area contributed by atoms with Crippen molar-refractivity contribution in [2.75, 3.05) is 6.54 Å². The predicted molar refractivity (Wildman–Crippen MR) is 51.7 cm³/mol. The maximum atomic E-state index is 11.4. The molecule has 70 valence electrons. The first-order valence-electron chi connectivity index (χ1n) is 4.35. The van der Waals surface area contributed by atoms with Crippen LogP contribution in [-0.4, -0.2) is 18.5 Å². The van der Waals surface area contributed by atoms with Crippen molar-refractivity contribution in [1.29, 1.82) is 0 Å². The summed E-state index contributed by atoms with van der Waals surface area (Å²) in [5.74, 6) is 5.45. The van der Waals surface area contributed by atoms with Gasteiger partial charge >= 0.3 is 0 Å². The molecule has 0 saturated heterocycles. The third-order valence-corrected chi connectivity index (χ3v) is 1.98. The van der Waals surface area contributed by atoms with E-state index in [1.165, 1.54) is 0 Å². The van der Waals surface area contributed by atoms with Crippen molar-refractivity contribution in [3.63, 3.8) is 0 Å². The maximum absolute atomic E-state index is 11.4. The van der Waals surface area contributed by atoms with E-state index >= 15 is 0 Å². The van der Waals surface area contributed by atoms with Crippen molar-refractivity contribution in [2.24, 2.45) is 11.7 Å². The quantitative estimate of drug-likeness (QED) is 0.463. The fourth-order valence-corrected chi connectivity index (χ4v) is 1.27. The number of nitrogens with two attached hydrogens (primary N) is 1. The Balaban J connectivity index is 2.31. The van der Waals surface area contributed by atoms with E-state index in [0.29, 0.717) is 13.0 Å². The SMILES string of the molecule is CC#CCNC(=O)C1C=CC(N)C1. The van der Waals surface area contributed by atoms with Crippen LogP contribution in [0.4, 0.5) is 0 Å². The lowest BCUT2D eigenvalue weighted by Gasteiger charge is -2.07. The van der Waals surface area contributed by atoms with Crippen molar-refractivity contribution in [3.05, 3.63) is 12.2 Å². The molecule has 0 aromatic rings. The lowest BCUT2D eigenvalue weighted by molar-refractivity contribution is -0.123. The number of amides is 1. The number of hydrogen-bond donors (Lipinski definition) is 2. The number of carbonyl (C=O) groups excluding carboxylic acids is 1. The monoisotopic (exact) mass is 178 g/mol. The van der Waals surface area contributed by atoms with Crippen molar-refractivity contribution >= 4 is 5.91 Å². The first kappa shape index (κ1) is 9.82. The minimum atomic E-state index is -0.0614. The molecule has 0 spiro atoms. The maximum Gasteiger partial charge on any atom is 0.227 e. The van der Waals surface area contributed by atoms with E-state index < -0.39 is 0 Å². The molecule has 1 rings (SSSR count). The lowest BCUT2D eigenvalue weighted by Crippen LogP contribution is -2.30. The number of hydrogen-bond acceptors (Lipinski definition) is 2. The van der Waals surface area contributed by atoms with Gasteiger partial charge in [-0.1, -0.05) is 18.1 Å². The number of rotatable bonds is 2. The smallest absolute Gasteiger partial charge is 0.227 e. The summed E-state index contributed by atoms with van der Waals surface area (Å²) in [5.41, 5.74) is 5.62. The highest BCUT2D eigenvalue weighted by Crippen LogP contribution is 2.15. The van der Waals surface area contributed by atoms with E-state index in [0.717, 1.165) is 0 Å². The first-order chi connectivity index (χ1) is 6.24. The van der Waals surface area contributed by atoms with Gasteiger partial charge in [0, 0.05) is 6.04 Å². The molecule has 2 atom stereocenters. The van der Waals surface area contributed by atoms with Crippen LogP contribution in [0.3, 0.4) is 0 Å². The highest BCUT2D eigenvalue weighted by Gasteiger charge is 2.21. The Bertz CT molecular complexity index is 272. The van der Waals surface area contributed by atoms with Crippen molar-refractivity contribution in [2.45, 2.75) is 19.4 Å². The summed E-state index contributed by atoms with van der Waals surface area (Å²) in [6, 6.07) is 0.0352. The molecule has 0 fully saturated rings. The molecule has 3 N–H and O–H groups in total. The van der Waals surface area contributed by atoms with Gasteiger partial charge in [-0.25, -0.2) is 0 Å². The largest absolute Gasteiger partial charge is 0.345 e. The van der Waals surface area contributed by atoms with Crippen molar-refractivity contribution < 1.29 is 4.79 Å². The van der Waals surface area contributed by atoms with E-state index in [2.05, 4.69) is 17.2 Å². The fourth-order valence-electron chi connectivity index (χ4n) is 1.27. The summed E-state index contributed by atoms with van der Waals surface area (Å²) in [6.07, 6.45) is 4.44. The molecular weight excluding hydrogens is 164 g/mol. The molecule has 1 aliphatic rings. The summed E-state index contributed by atoms with van der Waals surface area (Å²) >= 11 is 0. The average molecular weight is 178 g/mol. The summed E-state index contributed by atoms with van der Waals surface area (Å²) in [5, 5.41) is 2.73. The standard InChI is InChI=1S/C10H14N2O/c1-2-3-6-12-10(13)8-4-5-9(11)7-8/h4-5,8-9H,6-7,11H2,1H3,(H,12,13). The van der Waals surface area contributed by atoms with Crippen LogP contribution in [0.5, 0.6) is 0 Å². The Labute approximate surface area is 78.4 Å². The topological polar surface area (TPSA) is 55.1 Å². The third kappa shape index (κ3) is 2.92. The average Bonchev–Trinajstić information content (AvgIpc) is 2.52. The number of carbonyl (C=O) groups is 1. The molecule has 1 aliphatic carbocycles. The molecule has 3 heteroatoms. The van der Waals surface area contributed by atoms with Gasteiger partial charge in [-0.3, -0.25) is 4.79 Å². The zero-order valence-electron chi connectivity index (χ0n) is 7.71. The predicted octanol–water partition coefficient (Wildman–Crippen LogP) is 0.0293. The normalized spacial score (nSPS) is 25.1. The van der Waals surface area contributed by atoms with Gasteiger partial charge in [0.1, 0.15) is 0 Å². The minimum Gasteiger partial charge on any atom is -0.345 e. The summed E-state index contributed by atoms with van der Waals surface area (Å²) < 4.78 is 0. The molecule has 0 heterocycles. The van der Waals surface area contributed by atoms with Crippen LogP contribution in [0.15, 0.2) is 12.2 Å².